The standard InChI is InChI=1S/C23H21N3O5/c27-22(25-10-11-30-15-4-2-1-3-5-15)21-13-17(8-9-24-21)31-16-6-7-20-18(12-16)19(14-26-20)23(28)29/h1-9,12-13,19,26H,10-11,14H2,(H,25,27)(H,28,29). The van der Waals surface area contributed by atoms with Crippen LogP contribution in [-0.2, 0) is 4.79 Å². The maximum absolute atomic E-state index is 12.4. The van der Waals surface area contributed by atoms with Crippen LogP contribution in [-0.4, -0.2) is 41.7 Å². The number of anilines is 1. The van der Waals surface area contributed by atoms with Gasteiger partial charge in [0.2, 0.25) is 0 Å². The van der Waals surface area contributed by atoms with Crippen molar-refractivity contribution in [2.24, 2.45) is 0 Å². The van der Waals surface area contributed by atoms with Crippen LogP contribution in [0.25, 0.3) is 0 Å². The number of aromatic nitrogens is 1. The predicted octanol–water partition coefficient (Wildman–Crippen LogP) is 3.28. The Morgan fingerprint density at radius 1 is 1.06 bits per heavy atom. The van der Waals surface area contributed by atoms with Gasteiger partial charge in [0.15, 0.2) is 0 Å². The van der Waals surface area contributed by atoms with Gasteiger partial charge in [0.25, 0.3) is 5.91 Å². The average molecular weight is 419 g/mol. The molecule has 0 saturated heterocycles. The Morgan fingerprint density at radius 2 is 1.87 bits per heavy atom. The van der Waals surface area contributed by atoms with Gasteiger partial charge in [0.1, 0.15) is 35.5 Å². The SMILES string of the molecule is O=C(NCCOc1ccccc1)c1cc(Oc2ccc3c(c2)C(C(=O)O)CN3)ccn1. The molecule has 1 aromatic heterocycles. The summed E-state index contributed by atoms with van der Waals surface area (Å²) in [6.45, 7) is 1.01. The zero-order chi connectivity index (χ0) is 21.6. The molecule has 2 aromatic carbocycles. The summed E-state index contributed by atoms with van der Waals surface area (Å²) in [5, 5.41) is 15.2. The number of fused-ring (bicyclic) bond motifs is 1. The van der Waals surface area contributed by atoms with E-state index in [0.717, 1.165) is 11.4 Å². The summed E-state index contributed by atoms with van der Waals surface area (Å²) >= 11 is 0. The third-order valence-corrected chi connectivity index (χ3v) is 4.79. The van der Waals surface area contributed by atoms with Crippen molar-refractivity contribution in [1.29, 1.82) is 0 Å². The fraction of sp³-hybridized carbons (Fsp3) is 0.174. The number of aliphatic carboxylic acids is 1. The average Bonchev–Trinajstić information content (AvgIpc) is 3.21. The molecule has 0 fully saturated rings. The van der Waals surface area contributed by atoms with Crippen molar-refractivity contribution in [2.75, 3.05) is 25.0 Å². The lowest BCUT2D eigenvalue weighted by Crippen LogP contribution is -2.28. The molecule has 4 rings (SSSR count). The topological polar surface area (TPSA) is 110 Å². The molecular formula is C23H21N3O5. The molecule has 2 heterocycles. The quantitative estimate of drug-likeness (QED) is 0.481. The van der Waals surface area contributed by atoms with Gasteiger partial charge < -0.3 is 25.2 Å². The molecule has 0 bridgehead atoms. The highest BCUT2D eigenvalue weighted by Gasteiger charge is 2.28. The van der Waals surface area contributed by atoms with E-state index in [2.05, 4.69) is 15.6 Å². The molecule has 0 saturated carbocycles. The molecular weight excluding hydrogens is 398 g/mol. The molecule has 8 nitrogen and oxygen atoms in total. The second kappa shape index (κ2) is 9.17. The molecule has 158 valence electrons. The molecule has 1 aliphatic rings. The maximum Gasteiger partial charge on any atom is 0.312 e. The van der Waals surface area contributed by atoms with Crippen molar-refractivity contribution in [3.8, 4) is 17.2 Å². The number of carboxylic acids is 1. The van der Waals surface area contributed by atoms with Gasteiger partial charge in [-0.2, -0.15) is 0 Å². The summed E-state index contributed by atoms with van der Waals surface area (Å²) in [6, 6.07) is 17.8. The Labute approximate surface area is 178 Å². The van der Waals surface area contributed by atoms with Gasteiger partial charge in [0.05, 0.1) is 6.54 Å². The van der Waals surface area contributed by atoms with E-state index < -0.39 is 11.9 Å². The van der Waals surface area contributed by atoms with Gasteiger partial charge in [-0.1, -0.05) is 18.2 Å². The first-order valence-corrected chi connectivity index (χ1v) is 9.81. The number of hydrogen-bond acceptors (Lipinski definition) is 6. The van der Waals surface area contributed by atoms with E-state index in [-0.39, 0.29) is 11.6 Å². The van der Waals surface area contributed by atoms with Crippen LogP contribution in [0.4, 0.5) is 5.69 Å². The second-order valence-corrected chi connectivity index (χ2v) is 6.92. The molecule has 0 spiro atoms. The number of nitrogens with one attached hydrogen (secondary N) is 2. The van der Waals surface area contributed by atoms with Crippen molar-refractivity contribution in [1.82, 2.24) is 10.3 Å². The largest absolute Gasteiger partial charge is 0.492 e. The molecule has 1 aliphatic heterocycles. The van der Waals surface area contributed by atoms with Gasteiger partial charge in [-0.05, 0) is 42.0 Å². The molecule has 1 amide bonds. The number of nitrogens with zero attached hydrogens (tertiary/aromatic N) is 1. The summed E-state index contributed by atoms with van der Waals surface area (Å²) in [5.41, 5.74) is 1.67. The third-order valence-electron chi connectivity index (χ3n) is 4.79. The van der Waals surface area contributed by atoms with Crippen LogP contribution >= 0.6 is 0 Å². The summed E-state index contributed by atoms with van der Waals surface area (Å²) in [4.78, 5) is 27.9. The molecule has 3 N–H and O–H groups in total. The Morgan fingerprint density at radius 3 is 2.68 bits per heavy atom. The Kier molecular flexibility index (Phi) is 5.98. The van der Waals surface area contributed by atoms with Gasteiger partial charge in [0, 0.05) is 24.5 Å². The van der Waals surface area contributed by atoms with Crippen molar-refractivity contribution in [3.05, 3.63) is 78.1 Å². The van der Waals surface area contributed by atoms with Crippen molar-refractivity contribution < 1.29 is 24.2 Å². The molecule has 3 aromatic rings. The summed E-state index contributed by atoms with van der Waals surface area (Å²) in [6.07, 6.45) is 1.49. The summed E-state index contributed by atoms with van der Waals surface area (Å²) < 4.78 is 11.4. The number of carbonyl (C=O) groups is 2. The number of benzene rings is 2. The first-order valence-electron chi connectivity index (χ1n) is 9.81. The Bertz CT molecular complexity index is 1090. The first-order chi connectivity index (χ1) is 15.1. The van der Waals surface area contributed by atoms with Crippen LogP contribution in [0.5, 0.6) is 17.2 Å². The highest BCUT2D eigenvalue weighted by Crippen LogP contribution is 2.35. The van der Waals surface area contributed by atoms with E-state index in [1.165, 1.54) is 12.3 Å². The zero-order valence-electron chi connectivity index (χ0n) is 16.6. The van der Waals surface area contributed by atoms with Gasteiger partial charge in [-0.15, -0.1) is 0 Å². The maximum atomic E-state index is 12.4. The smallest absolute Gasteiger partial charge is 0.312 e. The van der Waals surface area contributed by atoms with Gasteiger partial charge in [-0.25, -0.2) is 0 Å². The minimum Gasteiger partial charge on any atom is -0.492 e. The first kappa shape index (κ1) is 20.2. The summed E-state index contributed by atoms with van der Waals surface area (Å²) in [7, 11) is 0. The highest BCUT2D eigenvalue weighted by atomic mass is 16.5. The predicted molar refractivity (Wildman–Crippen MR) is 114 cm³/mol. The number of amides is 1. The van der Waals surface area contributed by atoms with Gasteiger partial charge in [-0.3, -0.25) is 14.6 Å². The second-order valence-electron chi connectivity index (χ2n) is 6.92. The lowest BCUT2D eigenvalue weighted by molar-refractivity contribution is -0.138. The number of hydrogen-bond donors (Lipinski definition) is 3. The van der Waals surface area contributed by atoms with Crippen LogP contribution in [0.3, 0.4) is 0 Å². The Hall–Kier alpha value is -4.07. The summed E-state index contributed by atoms with van der Waals surface area (Å²) in [5.74, 6) is -0.190. The van der Waals surface area contributed by atoms with Crippen LogP contribution in [0, 0.1) is 0 Å². The highest BCUT2D eigenvalue weighted by molar-refractivity contribution is 5.92. The van der Waals surface area contributed by atoms with E-state index in [4.69, 9.17) is 9.47 Å². The number of para-hydroxylation sites is 1. The van der Waals surface area contributed by atoms with Crippen LogP contribution in [0.15, 0.2) is 66.9 Å². The molecule has 8 heteroatoms. The number of ether oxygens (including phenoxy) is 2. The van der Waals surface area contributed by atoms with Crippen LogP contribution in [0.1, 0.15) is 22.0 Å². The van der Waals surface area contributed by atoms with Crippen molar-refractivity contribution in [2.45, 2.75) is 5.92 Å². The molecule has 31 heavy (non-hydrogen) atoms. The van der Waals surface area contributed by atoms with Crippen molar-refractivity contribution >= 4 is 17.6 Å². The van der Waals surface area contributed by atoms with Crippen LogP contribution in [0.2, 0.25) is 0 Å². The fourth-order valence-electron chi connectivity index (χ4n) is 3.27. The van der Waals surface area contributed by atoms with Crippen molar-refractivity contribution in [3.63, 3.8) is 0 Å². The normalized spacial score (nSPS) is 14.3. The van der Waals surface area contributed by atoms with E-state index in [0.29, 0.717) is 36.8 Å². The van der Waals surface area contributed by atoms with E-state index in [1.54, 1.807) is 24.3 Å². The lowest BCUT2D eigenvalue weighted by atomic mass is 10.0. The van der Waals surface area contributed by atoms with Crippen LogP contribution < -0.4 is 20.1 Å². The number of carbonyl (C=O) groups excluding carboxylic acids is 1. The minimum absolute atomic E-state index is 0.212. The third kappa shape index (κ3) is 4.92. The van der Waals surface area contributed by atoms with E-state index >= 15 is 0 Å². The minimum atomic E-state index is -0.887. The molecule has 1 atom stereocenters. The number of rotatable bonds is 8. The van der Waals surface area contributed by atoms with Gasteiger partial charge >= 0.3 is 5.97 Å². The zero-order valence-corrected chi connectivity index (χ0v) is 16.6. The lowest BCUT2D eigenvalue weighted by Gasteiger charge is -2.10. The molecule has 0 aliphatic carbocycles. The molecule has 1 unspecified atom stereocenters. The van der Waals surface area contributed by atoms with E-state index in [9.17, 15) is 14.7 Å². The Balaban J connectivity index is 1.35. The number of pyridine rings is 1. The monoisotopic (exact) mass is 419 g/mol. The van der Waals surface area contributed by atoms with E-state index in [1.807, 2.05) is 30.3 Å². The fourth-order valence-corrected chi connectivity index (χ4v) is 3.27. The molecule has 0 radical (unpaired) electrons. The number of carboxylic acid groups (broad SMARTS) is 1.